The Kier molecular flexibility index (Phi) is 2.33. The molecular weight excluding hydrogens is 216 g/mol. The van der Waals surface area contributed by atoms with E-state index in [1.54, 1.807) is 18.4 Å². The van der Waals surface area contributed by atoms with Gasteiger partial charge in [-0.2, -0.15) is 5.10 Å². The first kappa shape index (κ1) is 9.96. The first-order chi connectivity index (χ1) is 8.34. The van der Waals surface area contributed by atoms with Crippen LogP contribution in [-0.4, -0.2) is 10.8 Å². The normalized spacial score (nSPS) is 18.8. The van der Waals surface area contributed by atoms with Crippen LogP contribution in [0.25, 0.3) is 0 Å². The van der Waals surface area contributed by atoms with Crippen molar-refractivity contribution < 1.29 is 9.52 Å². The first-order valence-corrected chi connectivity index (χ1v) is 5.48. The number of nitrogens with zero attached hydrogens (tertiary/aromatic N) is 1. The molecule has 1 aliphatic heterocycles. The number of aromatic hydroxyl groups is 1. The zero-order chi connectivity index (χ0) is 11.7. The summed E-state index contributed by atoms with van der Waals surface area (Å²) >= 11 is 0. The SMILES string of the molecule is Oc1ccccc1C1=NNC(c2ccco2)C1. The summed E-state index contributed by atoms with van der Waals surface area (Å²) in [7, 11) is 0. The number of phenols is 1. The maximum atomic E-state index is 9.76. The Morgan fingerprint density at radius 1 is 1.24 bits per heavy atom. The maximum Gasteiger partial charge on any atom is 0.128 e. The van der Waals surface area contributed by atoms with Crippen molar-refractivity contribution in [2.75, 3.05) is 0 Å². The van der Waals surface area contributed by atoms with Gasteiger partial charge in [-0.3, -0.25) is 5.43 Å². The van der Waals surface area contributed by atoms with E-state index in [0.29, 0.717) is 6.42 Å². The van der Waals surface area contributed by atoms with Gasteiger partial charge in [0.15, 0.2) is 0 Å². The van der Waals surface area contributed by atoms with Crippen LogP contribution in [0.3, 0.4) is 0 Å². The summed E-state index contributed by atoms with van der Waals surface area (Å²) in [6.07, 6.45) is 2.36. The molecule has 86 valence electrons. The minimum atomic E-state index is 0.0552. The van der Waals surface area contributed by atoms with Crippen LogP contribution in [0.4, 0.5) is 0 Å². The summed E-state index contributed by atoms with van der Waals surface area (Å²) in [4.78, 5) is 0. The third-order valence-corrected chi connectivity index (χ3v) is 2.85. The Hall–Kier alpha value is -2.23. The third kappa shape index (κ3) is 1.78. The first-order valence-electron chi connectivity index (χ1n) is 5.48. The number of benzene rings is 1. The lowest BCUT2D eigenvalue weighted by atomic mass is 10.0. The van der Waals surface area contributed by atoms with Crippen LogP contribution in [-0.2, 0) is 0 Å². The molecule has 17 heavy (non-hydrogen) atoms. The molecule has 4 heteroatoms. The van der Waals surface area contributed by atoms with E-state index in [2.05, 4.69) is 10.5 Å². The van der Waals surface area contributed by atoms with Crippen molar-refractivity contribution >= 4 is 5.71 Å². The molecular formula is C13H12N2O2. The number of hydrogen-bond acceptors (Lipinski definition) is 4. The molecule has 0 spiro atoms. The molecule has 0 saturated heterocycles. The zero-order valence-electron chi connectivity index (χ0n) is 9.13. The second-order valence-electron chi connectivity index (χ2n) is 3.98. The van der Waals surface area contributed by atoms with Gasteiger partial charge in [-0.05, 0) is 24.3 Å². The average Bonchev–Trinajstić information content (AvgIpc) is 3.00. The lowest BCUT2D eigenvalue weighted by Gasteiger charge is -2.05. The Morgan fingerprint density at radius 2 is 2.12 bits per heavy atom. The fourth-order valence-corrected chi connectivity index (χ4v) is 1.98. The van der Waals surface area contributed by atoms with E-state index in [1.165, 1.54) is 0 Å². The molecule has 0 amide bonds. The molecule has 1 aliphatic rings. The largest absolute Gasteiger partial charge is 0.507 e. The van der Waals surface area contributed by atoms with Crippen molar-refractivity contribution in [3.8, 4) is 5.75 Å². The molecule has 1 aromatic carbocycles. The van der Waals surface area contributed by atoms with Gasteiger partial charge < -0.3 is 9.52 Å². The number of rotatable bonds is 2. The lowest BCUT2D eigenvalue weighted by Crippen LogP contribution is -2.08. The van der Waals surface area contributed by atoms with Crippen LogP contribution < -0.4 is 5.43 Å². The van der Waals surface area contributed by atoms with Crippen molar-refractivity contribution in [2.45, 2.75) is 12.5 Å². The van der Waals surface area contributed by atoms with Crippen LogP contribution in [0.2, 0.25) is 0 Å². The van der Waals surface area contributed by atoms with Gasteiger partial charge in [-0.15, -0.1) is 0 Å². The molecule has 4 nitrogen and oxygen atoms in total. The third-order valence-electron chi connectivity index (χ3n) is 2.85. The Bertz CT molecular complexity index is 546. The Morgan fingerprint density at radius 3 is 2.88 bits per heavy atom. The minimum absolute atomic E-state index is 0.0552. The molecule has 2 N–H and O–H groups in total. The molecule has 1 aromatic heterocycles. The van der Waals surface area contributed by atoms with Crippen molar-refractivity contribution in [1.29, 1.82) is 0 Å². The zero-order valence-corrected chi connectivity index (χ0v) is 9.13. The van der Waals surface area contributed by atoms with Crippen molar-refractivity contribution in [3.05, 3.63) is 54.0 Å². The minimum Gasteiger partial charge on any atom is -0.507 e. The fourth-order valence-electron chi connectivity index (χ4n) is 1.98. The molecule has 2 aromatic rings. The maximum absolute atomic E-state index is 9.76. The molecule has 0 aliphatic carbocycles. The lowest BCUT2D eigenvalue weighted by molar-refractivity contribution is 0.440. The summed E-state index contributed by atoms with van der Waals surface area (Å²) < 4.78 is 5.33. The highest BCUT2D eigenvalue weighted by Crippen LogP contribution is 2.27. The van der Waals surface area contributed by atoms with Crippen LogP contribution in [0.15, 0.2) is 52.2 Å². The summed E-state index contributed by atoms with van der Waals surface area (Å²) in [5.74, 6) is 1.12. The number of phenolic OH excluding ortho intramolecular Hbond substituents is 1. The predicted molar refractivity (Wildman–Crippen MR) is 63.8 cm³/mol. The van der Waals surface area contributed by atoms with Gasteiger partial charge in [0.05, 0.1) is 12.0 Å². The number of para-hydroxylation sites is 1. The average molecular weight is 228 g/mol. The van der Waals surface area contributed by atoms with E-state index in [-0.39, 0.29) is 11.8 Å². The monoisotopic (exact) mass is 228 g/mol. The molecule has 0 bridgehead atoms. The number of hydrogen-bond donors (Lipinski definition) is 2. The second-order valence-corrected chi connectivity index (χ2v) is 3.98. The van der Waals surface area contributed by atoms with Crippen LogP contribution >= 0.6 is 0 Å². The van der Waals surface area contributed by atoms with E-state index in [9.17, 15) is 5.11 Å². The molecule has 0 radical (unpaired) electrons. The van der Waals surface area contributed by atoms with Crippen molar-refractivity contribution in [3.63, 3.8) is 0 Å². The molecule has 3 rings (SSSR count). The topological polar surface area (TPSA) is 57.8 Å². The highest BCUT2D eigenvalue weighted by molar-refractivity contribution is 6.03. The van der Waals surface area contributed by atoms with Crippen LogP contribution in [0.1, 0.15) is 23.8 Å². The summed E-state index contributed by atoms with van der Waals surface area (Å²) in [6.45, 7) is 0. The molecule has 2 heterocycles. The quantitative estimate of drug-likeness (QED) is 0.829. The van der Waals surface area contributed by atoms with Gasteiger partial charge in [0.2, 0.25) is 0 Å². The van der Waals surface area contributed by atoms with Gasteiger partial charge in [-0.1, -0.05) is 12.1 Å². The van der Waals surface area contributed by atoms with Gasteiger partial charge in [0.25, 0.3) is 0 Å². The highest BCUT2D eigenvalue weighted by Gasteiger charge is 2.24. The number of furan rings is 1. The molecule has 0 fully saturated rings. The van der Waals surface area contributed by atoms with Crippen molar-refractivity contribution in [1.82, 2.24) is 5.43 Å². The Balaban J connectivity index is 1.83. The molecule has 1 unspecified atom stereocenters. The van der Waals surface area contributed by atoms with Crippen LogP contribution in [0, 0.1) is 0 Å². The van der Waals surface area contributed by atoms with E-state index < -0.39 is 0 Å². The van der Waals surface area contributed by atoms with Gasteiger partial charge in [0.1, 0.15) is 17.6 Å². The van der Waals surface area contributed by atoms with E-state index >= 15 is 0 Å². The van der Waals surface area contributed by atoms with Crippen LogP contribution in [0.5, 0.6) is 5.75 Å². The smallest absolute Gasteiger partial charge is 0.128 e. The van der Waals surface area contributed by atoms with E-state index in [4.69, 9.17) is 4.42 Å². The summed E-state index contributed by atoms with van der Waals surface area (Å²) in [5, 5.41) is 14.0. The van der Waals surface area contributed by atoms with Crippen molar-refractivity contribution in [2.24, 2.45) is 5.10 Å². The van der Waals surface area contributed by atoms with Gasteiger partial charge >= 0.3 is 0 Å². The fraction of sp³-hybridized carbons (Fsp3) is 0.154. The summed E-state index contributed by atoms with van der Waals surface area (Å²) in [6, 6.07) is 11.0. The Labute approximate surface area is 98.6 Å². The standard InChI is InChI=1S/C13H12N2O2/c16-12-5-2-1-4-9(12)10-8-11(15-14-10)13-6-3-7-17-13/h1-7,11,15-16H,8H2. The summed E-state index contributed by atoms with van der Waals surface area (Å²) in [5.41, 5.74) is 4.64. The predicted octanol–water partition coefficient (Wildman–Crippen LogP) is 2.42. The second kappa shape index (κ2) is 3.97. The van der Waals surface area contributed by atoms with E-state index in [0.717, 1.165) is 17.0 Å². The highest BCUT2D eigenvalue weighted by atomic mass is 16.3. The number of hydrazone groups is 1. The molecule has 0 saturated carbocycles. The molecule has 1 atom stereocenters. The van der Waals surface area contributed by atoms with Gasteiger partial charge in [0, 0.05) is 12.0 Å². The van der Waals surface area contributed by atoms with E-state index in [1.807, 2.05) is 24.3 Å². The van der Waals surface area contributed by atoms with Gasteiger partial charge in [-0.25, -0.2) is 0 Å². The number of nitrogens with one attached hydrogen (secondary N) is 1.